The molecule has 0 aliphatic carbocycles. The van der Waals surface area contributed by atoms with E-state index >= 15 is 0 Å². The lowest BCUT2D eigenvalue weighted by Crippen LogP contribution is -2.19. The number of hydrogen-bond donors (Lipinski definition) is 2. The monoisotopic (exact) mass is 426 g/mol. The fourth-order valence-electron chi connectivity index (χ4n) is 3.42. The average Bonchev–Trinajstić information content (AvgIpc) is 3.36. The third-order valence-corrected chi connectivity index (χ3v) is 5.82. The number of unbranched alkanes of at least 4 members (excludes halogenated alkanes) is 1. The molecule has 2 N–H and O–H groups in total. The summed E-state index contributed by atoms with van der Waals surface area (Å²) in [5, 5.41) is 22.7. The minimum Gasteiger partial charge on any atom is -0.481 e. The number of aliphatic carboxylic acids is 1. The van der Waals surface area contributed by atoms with E-state index in [-0.39, 0.29) is 5.56 Å². The van der Waals surface area contributed by atoms with Gasteiger partial charge in [-0.05, 0) is 52.9 Å². The molecular weight excluding hydrogens is 400 g/mol. The van der Waals surface area contributed by atoms with Gasteiger partial charge in [0.1, 0.15) is 5.82 Å². The topological polar surface area (TPSA) is 92.4 Å². The summed E-state index contributed by atoms with van der Waals surface area (Å²) in [7, 11) is 0. The van der Waals surface area contributed by atoms with Gasteiger partial charge in [0, 0.05) is 25.6 Å². The van der Waals surface area contributed by atoms with Crippen LogP contribution in [-0.4, -0.2) is 31.7 Å². The number of carbonyl (C=O) groups is 2. The van der Waals surface area contributed by atoms with Gasteiger partial charge in [-0.1, -0.05) is 25.5 Å². The molecule has 1 atom stereocenters. The van der Waals surface area contributed by atoms with Crippen molar-refractivity contribution >= 4 is 23.3 Å². The number of aromatic carboxylic acids is 1. The van der Waals surface area contributed by atoms with Crippen molar-refractivity contribution in [2.24, 2.45) is 5.92 Å². The fourth-order valence-corrected chi connectivity index (χ4v) is 4.11. The van der Waals surface area contributed by atoms with Gasteiger partial charge in [-0.15, -0.1) is 0 Å². The lowest BCUT2D eigenvalue weighted by atomic mass is 9.96. The Morgan fingerprint density at radius 3 is 2.47 bits per heavy atom. The second-order valence-electron chi connectivity index (χ2n) is 7.46. The van der Waals surface area contributed by atoms with Crippen molar-refractivity contribution in [3.05, 3.63) is 75.5 Å². The molecule has 3 aromatic rings. The Balaban J connectivity index is 1.78. The van der Waals surface area contributed by atoms with E-state index in [0.29, 0.717) is 19.4 Å². The van der Waals surface area contributed by atoms with Crippen molar-refractivity contribution < 1.29 is 19.8 Å². The van der Waals surface area contributed by atoms with E-state index in [0.717, 1.165) is 41.9 Å². The first-order chi connectivity index (χ1) is 14.5. The van der Waals surface area contributed by atoms with Crippen LogP contribution in [0.1, 0.15) is 52.8 Å². The number of rotatable bonds is 11. The smallest absolute Gasteiger partial charge is 0.335 e. The summed E-state index contributed by atoms with van der Waals surface area (Å²) in [6.07, 6.45) is 5.70. The van der Waals surface area contributed by atoms with Gasteiger partial charge in [0.05, 0.1) is 17.2 Å². The molecule has 30 heavy (non-hydrogen) atoms. The van der Waals surface area contributed by atoms with Crippen LogP contribution in [0.4, 0.5) is 0 Å². The summed E-state index contributed by atoms with van der Waals surface area (Å²) in [5.41, 5.74) is 3.06. The molecule has 7 heteroatoms. The van der Waals surface area contributed by atoms with Gasteiger partial charge >= 0.3 is 11.9 Å². The summed E-state index contributed by atoms with van der Waals surface area (Å²) in [5.74, 6) is -1.33. The lowest BCUT2D eigenvalue weighted by Gasteiger charge is -2.09. The average molecular weight is 427 g/mol. The van der Waals surface area contributed by atoms with Crippen molar-refractivity contribution in [2.75, 3.05) is 0 Å². The van der Waals surface area contributed by atoms with Crippen LogP contribution in [0, 0.1) is 5.92 Å². The Bertz CT molecular complexity index is 977. The van der Waals surface area contributed by atoms with Gasteiger partial charge in [-0.3, -0.25) is 4.79 Å². The Labute approximate surface area is 179 Å². The lowest BCUT2D eigenvalue weighted by molar-refractivity contribution is -0.141. The molecule has 0 aliphatic rings. The zero-order valence-corrected chi connectivity index (χ0v) is 17.8. The van der Waals surface area contributed by atoms with Crippen LogP contribution in [0.25, 0.3) is 0 Å². The number of nitrogens with zero attached hydrogens (tertiary/aromatic N) is 2. The molecule has 0 fully saturated rings. The van der Waals surface area contributed by atoms with Gasteiger partial charge in [-0.2, -0.15) is 11.3 Å². The zero-order chi connectivity index (χ0) is 21.5. The first kappa shape index (κ1) is 21.8. The Morgan fingerprint density at radius 2 is 1.87 bits per heavy atom. The summed E-state index contributed by atoms with van der Waals surface area (Å²) in [4.78, 5) is 27.6. The molecule has 0 radical (unpaired) electrons. The molecule has 3 rings (SSSR count). The van der Waals surface area contributed by atoms with E-state index in [2.05, 4.69) is 11.5 Å². The zero-order valence-electron chi connectivity index (χ0n) is 17.0. The number of carboxylic acids is 2. The Morgan fingerprint density at radius 1 is 1.10 bits per heavy atom. The van der Waals surface area contributed by atoms with E-state index in [1.807, 2.05) is 35.2 Å². The standard InChI is InChI=1S/C23H26N2O4S/c1-2-3-4-21-24-20(12-19(23(28)29)11-17-9-10-30-15-17)14-25(21)13-16-5-7-18(8-6-16)22(26)27/h5-10,14-15,19H,2-4,11-13H2,1H3,(H,26,27)(H,28,29). The number of hydrogen-bond acceptors (Lipinski definition) is 4. The van der Waals surface area contributed by atoms with Crippen LogP contribution >= 0.6 is 11.3 Å². The van der Waals surface area contributed by atoms with Crippen molar-refractivity contribution in [3.8, 4) is 0 Å². The molecule has 0 amide bonds. The highest BCUT2D eigenvalue weighted by atomic mass is 32.1. The first-order valence-corrected chi connectivity index (χ1v) is 11.0. The molecule has 0 aliphatic heterocycles. The van der Waals surface area contributed by atoms with Crippen molar-refractivity contribution in [1.82, 2.24) is 9.55 Å². The molecule has 1 aromatic carbocycles. The third-order valence-electron chi connectivity index (χ3n) is 5.08. The Kier molecular flexibility index (Phi) is 7.41. The van der Waals surface area contributed by atoms with Crippen molar-refractivity contribution in [2.45, 2.75) is 45.6 Å². The van der Waals surface area contributed by atoms with Gasteiger partial charge < -0.3 is 14.8 Å². The number of carboxylic acid groups (broad SMARTS) is 2. The highest BCUT2D eigenvalue weighted by Crippen LogP contribution is 2.19. The van der Waals surface area contributed by atoms with E-state index in [4.69, 9.17) is 10.1 Å². The number of thiophene rings is 1. The predicted octanol–water partition coefficient (Wildman–Crippen LogP) is 4.52. The maximum Gasteiger partial charge on any atom is 0.335 e. The normalized spacial score (nSPS) is 12.0. The van der Waals surface area contributed by atoms with Crippen molar-refractivity contribution in [3.63, 3.8) is 0 Å². The van der Waals surface area contributed by atoms with Crippen LogP contribution in [0.3, 0.4) is 0 Å². The minimum absolute atomic E-state index is 0.258. The predicted molar refractivity (Wildman–Crippen MR) is 116 cm³/mol. The number of benzene rings is 1. The second kappa shape index (κ2) is 10.2. The van der Waals surface area contributed by atoms with E-state index in [9.17, 15) is 14.7 Å². The summed E-state index contributed by atoms with van der Waals surface area (Å²) >= 11 is 1.57. The van der Waals surface area contributed by atoms with Crippen LogP contribution in [0.2, 0.25) is 0 Å². The molecule has 0 spiro atoms. The largest absolute Gasteiger partial charge is 0.481 e. The van der Waals surface area contributed by atoms with Crippen LogP contribution in [-0.2, 0) is 30.6 Å². The molecule has 6 nitrogen and oxygen atoms in total. The molecule has 0 saturated heterocycles. The molecule has 0 saturated carbocycles. The van der Waals surface area contributed by atoms with E-state index in [1.165, 1.54) is 0 Å². The van der Waals surface area contributed by atoms with Gasteiger partial charge in [-0.25, -0.2) is 9.78 Å². The molecule has 158 valence electrons. The minimum atomic E-state index is -0.944. The fraction of sp³-hybridized carbons (Fsp3) is 0.348. The maximum absolute atomic E-state index is 11.8. The number of imidazole rings is 1. The highest BCUT2D eigenvalue weighted by Gasteiger charge is 2.21. The summed E-state index contributed by atoms with van der Waals surface area (Å²) < 4.78 is 2.06. The SMILES string of the molecule is CCCCc1nc(CC(Cc2ccsc2)C(=O)O)cn1Cc1ccc(C(=O)O)cc1. The summed E-state index contributed by atoms with van der Waals surface area (Å²) in [6.45, 7) is 2.70. The third kappa shape index (κ3) is 5.79. The van der Waals surface area contributed by atoms with Gasteiger partial charge in [0.25, 0.3) is 0 Å². The number of aromatic nitrogens is 2. The van der Waals surface area contributed by atoms with Crippen LogP contribution < -0.4 is 0 Å². The molecular formula is C23H26N2O4S. The molecule has 2 aromatic heterocycles. The van der Waals surface area contributed by atoms with Crippen LogP contribution in [0.5, 0.6) is 0 Å². The van der Waals surface area contributed by atoms with E-state index in [1.54, 1.807) is 23.5 Å². The Hall–Kier alpha value is -2.93. The van der Waals surface area contributed by atoms with E-state index < -0.39 is 17.9 Å². The maximum atomic E-state index is 11.8. The molecule has 2 heterocycles. The van der Waals surface area contributed by atoms with Gasteiger partial charge in [0.2, 0.25) is 0 Å². The second-order valence-corrected chi connectivity index (χ2v) is 8.24. The molecule has 0 bridgehead atoms. The molecule has 1 unspecified atom stereocenters. The first-order valence-electron chi connectivity index (χ1n) is 10.1. The summed E-state index contributed by atoms with van der Waals surface area (Å²) in [6, 6.07) is 8.78. The van der Waals surface area contributed by atoms with Gasteiger partial charge in [0.15, 0.2) is 0 Å². The van der Waals surface area contributed by atoms with Crippen molar-refractivity contribution in [1.29, 1.82) is 0 Å². The van der Waals surface area contributed by atoms with Crippen LogP contribution in [0.15, 0.2) is 47.3 Å². The quantitative estimate of drug-likeness (QED) is 0.470. The highest BCUT2D eigenvalue weighted by molar-refractivity contribution is 7.07. The number of aryl methyl sites for hydroxylation is 1.